The zero-order valence-corrected chi connectivity index (χ0v) is 30.0. The first kappa shape index (κ1) is 31.1. The molecule has 1 heterocycles. The predicted octanol–water partition coefficient (Wildman–Crippen LogP) is 14.0. The molecule has 0 atom stereocenters. The third kappa shape index (κ3) is 5.01. The molecule has 0 fully saturated rings. The lowest BCUT2D eigenvalue weighted by atomic mass is 9.72. The van der Waals surface area contributed by atoms with Gasteiger partial charge >= 0.3 is 0 Å². The van der Waals surface area contributed by atoms with E-state index in [1.807, 2.05) is 0 Å². The summed E-state index contributed by atoms with van der Waals surface area (Å²) in [4.78, 5) is 4.87. The second-order valence-corrected chi connectivity index (χ2v) is 15.5. The molecule has 0 aliphatic carbocycles. The molecule has 2 heteroatoms. The van der Waals surface area contributed by atoms with E-state index in [2.05, 4.69) is 208 Å². The smallest absolute Gasteiger partial charge is 0.0509 e. The summed E-state index contributed by atoms with van der Waals surface area (Å²) in [6.07, 6.45) is 0. The summed E-state index contributed by atoms with van der Waals surface area (Å²) < 4.78 is 0. The van der Waals surface area contributed by atoms with Crippen molar-refractivity contribution in [1.82, 2.24) is 0 Å². The van der Waals surface area contributed by atoms with E-state index in [9.17, 15) is 0 Å². The van der Waals surface area contributed by atoms with Crippen molar-refractivity contribution in [3.63, 3.8) is 0 Å². The Morgan fingerprint density at radius 3 is 1.43 bits per heavy atom. The lowest BCUT2D eigenvalue weighted by molar-refractivity contribution is 0.590. The molecule has 0 saturated heterocycles. The number of para-hydroxylation sites is 2. The molecule has 0 saturated carbocycles. The number of rotatable bonds is 4. The molecule has 0 bridgehead atoms. The van der Waals surface area contributed by atoms with Crippen LogP contribution in [0.1, 0.15) is 51.3 Å². The van der Waals surface area contributed by atoms with Gasteiger partial charge in [0.25, 0.3) is 0 Å². The zero-order valence-electron chi connectivity index (χ0n) is 30.0. The van der Waals surface area contributed by atoms with Gasteiger partial charge in [-0.1, -0.05) is 132 Å². The largest absolute Gasteiger partial charge is 0.310 e. The highest BCUT2D eigenvalue weighted by atomic mass is 15.2. The molecule has 2 nitrogen and oxygen atoms in total. The van der Waals surface area contributed by atoms with Crippen LogP contribution in [-0.4, -0.2) is 0 Å². The molecular weight excluding hydrogens is 617 g/mol. The second kappa shape index (κ2) is 11.6. The molecule has 1 aliphatic rings. The number of hydrogen-bond donors (Lipinski definition) is 0. The lowest BCUT2D eigenvalue weighted by Gasteiger charge is -2.43. The van der Waals surface area contributed by atoms with Crippen molar-refractivity contribution in [1.29, 1.82) is 0 Å². The van der Waals surface area contributed by atoms with E-state index in [0.29, 0.717) is 0 Å². The van der Waals surface area contributed by atoms with Gasteiger partial charge in [0.05, 0.1) is 11.4 Å². The number of anilines is 6. The zero-order chi connectivity index (χ0) is 34.9. The number of fused-ring (bicyclic) bond motifs is 8. The van der Waals surface area contributed by atoms with Crippen molar-refractivity contribution >= 4 is 66.4 Å². The molecule has 1 aliphatic heterocycles. The first-order chi connectivity index (χ1) is 24.7. The van der Waals surface area contributed by atoms with Crippen LogP contribution in [0.5, 0.6) is 0 Å². The first-order valence-corrected chi connectivity index (χ1v) is 18.0. The van der Waals surface area contributed by atoms with Crippen LogP contribution in [0.4, 0.5) is 34.1 Å². The van der Waals surface area contributed by atoms with Crippen LogP contribution in [0, 0.1) is 0 Å². The van der Waals surface area contributed by atoms with Gasteiger partial charge in [-0.15, -0.1) is 0 Å². The van der Waals surface area contributed by atoms with Crippen molar-refractivity contribution in [3.8, 4) is 0 Å². The van der Waals surface area contributed by atoms with Gasteiger partial charge in [-0.2, -0.15) is 0 Å². The minimum absolute atomic E-state index is 0.0711. The van der Waals surface area contributed by atoms with E-state index in [0.717, 1.165) is 17.1 Å². The molecule has 8 aromatic carbocycles. The van der Waals surface area contributed by atoms with Crippen molar-refractivity contribution in [2.24, 2.45) is 0 Å². The topological polar surface area (TPSA) is 6.48 Å². The molecule has 0 amide bonds. The summed E-state index contributed by atoms with van der Waals surface area (Å²) in [7, 11) is 0. The summed E-state index contributed by atoms with van der Waals surface area (Å²) in [5, 5.41) is 7.77. The maximum Gasteiger partial charge on any atom is 0.0509 e. The quantitative estimate of drug-likeness (QED) is 0.174. The third-order valence-electron chi connectivity index (χ3n) is 10.9. The van der Waals surface area contributed by atoms with Gasteiger partial charge in [0, 0.05) is 28.2 Å². The Hall–Kier alpha value is -5.86. The Kier molecular flexibility index (Phi) is 7.09. The van der Waals surface area contributed by atoms with Crippen molar-refractivity contribution in [2.75, 3.05) is 9.80 Å². The Balaban J connectivity index is 1.34. The molecular formula is C49H42N2. The fourth-order valence-corrected chi connectivity index (χ4v) is 8.25. The van der Waals surface area contributed by atoms with Crippen LogP contribution >= 0.6 is 0 Å². The maximum atomic E-state index is 2.50. The molecule has 0 N–H and O–H groups in total. The number of nitrogens with zero attached hydrogens (tertiary/aromatic N) is 2. The molecule has 0 spiro atoms. The van der Waals surface area contributed by atoms with E-state index in [1.165, 1.54) is 66.1 Å². The Labute approximate surface area is 301 Å². The molecule has 8 aromatic rings. The summed E-state index contributed by atoms with van der Waals surface area (Å²) in [6.45, 7) is 11.6. The van der Waals surface area contributed by atoms with Crippen molar-refractivity contribution in [3.05, 3.63) is 180 Å². The second-order valence-electron chi connectivity index (χ2n) is 15.5. The summed E-state index contributed by atoms with van der Waals surface area (Å²) in [6, 6.07) is 60.4. The third-order valence-corrected chi connectivity index (χ3v) is 10.9. The Bertz CT molecular complexity index is 2540. The van der Waals surface area contributed by atoms with Crippen LogP contribution in [0.3, 0.4) is 0 Å². The highest BCUT2D eigenvalue weighted by molar-refractivity contribution is 6.26. The Morgan fingerprint density at radius 1 is 0.431 bits per heavy atom. The number of hydrogen-bond acceptors (Lipinski definition) is 2. The van der Waals surface area contributed by atoms with Crippen LogP contribution in [-0.2, 0) is 10.8 Å². The van der Waals surface area contributed by atoms with E-state index >= 15 is 0 Å². The van der Waals surface area contributed by atoms with Gasteiger partial charge in [0.1, 0.15) is 0 Å². The van der Waals surface area contributed by atoms with Gasteiger partial charge in [-0.05, 0) is 121 Å². The summed E-state index contributed by atoms with van der Waals surface area (Å²) in [5.41, 5.74) is 10.8. The summed E-state index contributed by atoms with van der Waals surface area (Å²) in [5.74, 6) is 0. The predicted molar refractivity (Wildman–Crippen MR) is 219 cm³/mol. The molecule has 51 heavy (non-hydrogen) atoms. The Morgan fingerprint density at radius 2 is 0.902 bits per heavy atom. The van der Waals surface area contributed by atoms with Gasteiger partial charge in [0.2, 0.25) is 0 Å². The number of benzene rings is 8. The molecule has 9 rings (SSSR count). The SMILES string of the molecule is CC(C)(C)c1ccc(N2c3ccc(N(c4ccccc4)c4ccccc4)cc3C(C)(C)c3cc4c5ccccc5c5ccccc5c4cc32)cc1. The van der Waals surface area contributed by atoms with E-state index in [1.54, 1.807) is 0 Å². The molecule has 248 valence electrons. The normalized spacial score (nSPS) is 13.7. The van der Waals surface area contributed by atoms with Gasteiger partial charge in [0.15, 0.2) is 0 Å². The van der Waals surface area contributed by atoms with E-state index in [-0.39, 0.29) is 10.8 Å². The van der Waals surface area contributed by atoms with Crippen molar-refractivity contribution in [2.45, 2.75) is 45.4 Å². The van der Waals surface area contributed by atoms with E-state index < -0.39 is 0 Å². The van der Waals surface area contributed by atoms with Gasteiger partial charge in [-0.25, -0.2) is 0 Å². The average molecular weight is 659 g/mol. The van der Waals surface area contributed by atoms with Crippen LogP contribution < -0.4 is 9.80 Å². The fourth-order valence-electron chi connectivity index (χ4n) is 8.25. The molecule has 0 radical (unpaired) electrons. The minimum atomic E-state index is -0.289. The van der Waals surface area contributed by atoms with Gasteiger partial charge in [-0.3, -0.25) is 0 Å². The highest BCUT2D eigenvalue weighted by Crippen LogP contribution is 2.55. The van der Waals surface area contributed by atoms with Gasteiger partial charge < -0.3 is 9.80 Å². The van der Waals surface area contributed by atoms with Crippen LogP contribution in [0.2, 0.25) is 0 Å². The standard InChI is InChI=1S/C49H42N2/c1-48(2,3)33-24-26-36(27-25-33)51-46-29-28-37(50(34-16-8-6-9-17-34)35-18-10-7-11-19-35)30-44(46)49(4,5)45-31-42-40-22-14-12-20-38(40)39-21-13-15-23-41(39)43(42)32-47(45)51/h6-32H,1-5H3. The average Bonchev–Trinajstić information content (AvgIpc) is 3.16. The lowest BCUT2D eigenvalue weighted by Crippen LogP contribution is -2.31. The first-order valence-electron chi connectivity index (χ1n) is 18.0. The van der Waals surface area contributed by atoms with Crippen LogP contribution in [0.25, 0.3) is 32.3 Å². The molecule has 0 aromatic heterocycles. The maximum absolute atomic E-state index is 2.50. The highest BCUT2D eigenvalue weighted by Gasteiger charge is 2.38. The minimum Gasteiger partial charge on any atom is -0.310 e. The fraction of sp³-hybridized carbons (Fsp3) is 0.143. The monoisotopic (exact) mass is 658 g/mol. The molecule has 0 unspecified atom stereocenters. The van der Waals surface area contributed by atoms with Crippen molar-refractivity contribution < 1.29 is 0 Å². The van der Waals surface area contributed by atoms with E-state index in [4.69, 9.17) is 0 Å². The summed E-state index contributed by atoms with van der Waals surface area (Å²) >= 11 is 0. The van der Waals surface area contributed by atoms with Crippen LogP contribution in [0.15, 0.2) is 164 Å².